The molecular formula is C10H12N2O4. The number of carbonyl (C=O) groups is 2. The second kappa shape index (κ2) is 5.82. The summed E-state index contributed by atoms with van der Waals surface area (Å²) in [7, 11) is 0. The van der Waals surface area contributed by atoms with Crippen molar-refractivity contribution < 1.29 is 19.8 Å². The predicted octanol–water partition coefficient (Wildman–Crippen LogP) is -0.814. The molecule has 0 saturated carbocycles. The molecular weight excluding hydrogens is 212 g/mol. The highest BCUT2D eigenvalue weighted by Gasteiger charge is 2.18. The highest BCUT2D eigenvalue weighted by Crippen LogP contribution is 1.97. The number of carboxylic acids is 1. The molecule has 1 atom stereocenters. The van der Waals surface area contributed by atoms with Crippen LogP contribution < -0.4 is 5.32 Å². The summed E-state index contributed by atoms with van der Waals surface area (Å²) in [5.41, 5.74) is 0.731. The van der Waals surface area contributed by atoms with E-state index < -0.39 is 24.5 Å². The first-order chi connectivity index (χ1) is 7.63. The molecule has 1 rings (SSSR count). The number of aromatic nitrogens is 1. The second-order valence-corrected chi connectivity index (χ2v) is 3.17. The van der Waals surface area contributed by atoms with Crippen molar-refractivity contribution in [2.45, 2.75) is 12.5 Å². The van der Waals surface area contributed by atoms with Gasteiger partial charge in [0.15, 0.2) is 0 Å². The van der Waals surface area contributed by atoms with Crippen molar-refractivity contribution in [2.75, 3.05) is 6.61 Å². The van der Waals surface area contributed by atoms with E-state index in [0.717, 1.165) is 5.56 Å². The SMILES string of the molecule is O=C(Cc1ccncc1)NC(CO)C(=O)O. The van der Waals surface area contributed by atoms with Crippen molar-refractivity contribution in [1.29, 1.82) is 0 Å². The number of aliphatic carboxylic acids is 1. The monoisotopic (exact) mass is 224 g/mol. The van der Waals surface area contributed by atoms with Crippen molar-refractivity contribution in [3.8, 4) is 0 Å². The Kier molecular flexibility index (Phi) is 4.41. The highest BCUT2D eigenvalue weighted by molar-refractivity contribution is 5.84. The molecule has 1 heterocycles. The van der Waals surface area contributed by atoms with Gasteiger partial charge < -0.3 is 15.5 Å². The molecule has 1 amide bonds. The van der Waals surface area contributed by atoms with E-state index in [4.69, 9.17) is 10.2 Å². The van der Waals surface area contributed by atoms with Crippen molar-refractivity contribution >= 4 is 11.9 Å². The molecule has 1 unspecified atom stereocenters. The molecule has 0 aliphatic carbocycles. The summed E-state index contributed by atoms with van der Waals surface area (Å²) in [5, 5.41) is 19.5. The van der Waals surface area contributed by atoms with Crippen LogP contribution in [0.5, 0.6) is 0 Å². The Morgan fingerprint density at radius 1 is 1.38 bits per heavy atom. The van der Waals surface area contributed by atoms with E-state index >= 15 is 0 Å². The van der Waals surface area contributed by atoms with Crippen molar-refractivity contribution in [3.63, 3.8) is 0 Å². The summed E-state index contributed by atoms with van der Waals surface area (Å²) in [4.78, 5) is 25.7. The first-order valence-corrected chi connectivity index (χ1v) is 4.65. The Hall–Kier alpha value is -1.95. The number of hydrogen-bond donors (Lipinski definition) is 3. The summed E-state index contributed by atoms with van der Waals surface area (Å²) in [5.74, 6) is -1.71. The third-order valence-electron chi connectivity index (χ3n) is 1.93. The molecule has 1 aromatic heterocycles. The Labute approximate surface area is 91.9 Å². The van der Waals surface area contributed by atoms with Crippen LogP contribution in [0.1, 0.15) is 5.56 Å². The van der Waals surface area contributed by atoms with Crippen molar-refractivity contribution in [2.24, 2.45) is 0 Å². The van der Waals surface area contributed by atoms with Gasteiger partial charge in [-0.25, -0.2) is 4.79 Å². The average molecular weight is 224 g/mol. The molecule has 0 aliphatic rings. The number of nitrogens with zero attached hydrogens (tertiary/aromatic N) is 1. The highest BCUT2D eigenvalue weighted by atomic mass is 16.4. The van der Waals surface area contributed by atoms with Gasteiger partial charge in [0.1, 0.15) is 6.04 Å². The van der Waals surface area contributed by atoms with E-state index in [-0.39, 0.29) is 6.42 Å². The maximum absolute atomic E-state index is 11.4. The lowest BCUT2D eigenvalue weighted by molar-refractivity contribution is -0.142. The molecule has 1 aromatic rings. The molecule has 0 fully saturated rings. The molecule has 16 heavy (non-hydrogen) atoms. The largest absolute Gasteiger partial charge is 0.480 e. The van der Waals surface area contributed by atoms with Gasteiger partial charge in [0.25, 0.3) is 0 Å². The van der Waals surface area contributed by atoms with Crippen LogP contribution in [-0.4, -0.2) is 39.7 Å². The normalized spacial score (nSPS) is 11.8. The minimum Gasteiger partial charge on any atom is -0.480 e. The zero-order valence-electron chi connectivity index (χ0n) is 8.46. The summed E-state index contributed by atoms with van der Waals surface area (Å²) >= 11 is 0. The number of pyridine rings is 1. The number of rotatable bonds is 5. The van der Waals surface area contributed by atoms with E-state index in [1.54, 1.807) is 24.5 Å². The van der Waals surface area contributed by atoms with Gasteiger partial charge in [-0.15, -0.1) is 0 Å². The van der Waals surface area contributed by atoms with Crippen molar-refractivity contribution in [3.05, 3.63) is 30.1 Å². The van der Waals surface area contributed by atoms with Gasteiger partial charge in [0, 0.05) is 12.4 Å². The molecule has 6 nitrogen and oxygen atoms in total. The van der Waals surface area contributed by atoms with Crippen LogP contribution in [0, 0.1) is 0 Å². The van der Waals surface area contributed by atoms with Gasteiger partial charge in [-0.1, -0.05) is 0 Å². The standard InChI is InChI=1S/C10H12N2O4/c13-6-8(10(15)16)12-9(14)5-7-1-3-11-4-2-7/h1-4,8,13H,5-6H2,(H,12,14)(H,15,16). The van der Waals surface area contributed by atoms with E-state index in [1.165, 1.54) is 0 Å². The molecule has 3 N–H and O–H groups in total. The predicted molar refractivity (Wildman–Crippen MR) is 54.6 cm³/mol. The van der Waals surface area contributed by atoms with Crippen LogP contribution in [0.3, 0.4) is 0 Å². The average Bonchev–Trinajstić information content (AvgIpc) is 2.27. The first-order valence-electron chi connectivity index (χ1n) is 4.65. The minimum atomic E-state index is -1.26. The number of carboxylic acid groups (broad SMARTS) is 1. The molecule has 86 valence electrons. The van der Waals surface area contributed by atoms with Crippen molar-refractivity contribution in [1.82, 2.24) is 10.3 Å². The fourth-order valence-corrected chi connectivity index (χ4v) is 1.12. The number of aliphatic hydroxyl groups excluding tert-OH is 1. The fraction of sp³-hybridized carbons (Fsp3) is 0.300. The molecule has 0 aliphatic heterocycles. The Morgan fingerprint density at radius 2 is 2.00 bits per heavy atom. The smallest absolute Gasteiger partial charge is 0.328 e. The van der Waals surface area contributed by atoms with Crippen LogP contribution in [-0.2, 0) is 16.0 Å². The Bertz CT molecular complexity index is 366. The summed E-state index contributed by atoms with van der Waals surface area (Å²) in [6.45, 7) is -0.628. The minimum absolute atomic E-state index is 0.0618. The molecule has 0 aromatic carbocycles. The van der Waals surface area contributed by atoms with E-state index in [0.29, 0.717) is 0 Å². The summed E-state index contributed by atoms with van der Waals surface area (Å²) in [6.07, 6.45) is 3.15. The van der Waals surface area contributed by atoms with E-state index in [2.05, 4.69) is 10.3 Å². The fourth-order valence-electron chi connectivity index (χ4n) is 1.12. The van der Waals surface area contributed by atoms with Gasteiger partial charge in [0.2, 0.25) is 5.91 Å². The van der Waals surface area contributed by atoms with Gasteiger partial charge in [-0.05, 0) is 17.7 Å². The zero-order chi connectivity index (χ0) is 12.0. The van der Waals surface area contributed by atoms with E-state index in [1.807, 2.05) is 0 Å². The Balaban J connectivity index is 2.50. The van der Waals surface area contributed by atoms with Gasteiger partial charge in [-0.3, -0.25) is 9.78 Å². The lowest BCUT2D eigenvalue weighted by Crippen LogP contribution is -2.43. The summed E-state index contributed by atoms with van der Waals surface area (Å²) < 4.78 is 0. The topological polar surface area (TPSA) is 99.5 Å². The lowest BCUT2D eigenvalue weighted by Gasteiger charge is -2.11. The third kappa shape index (κ3) is 3.66. The van der Waals surface area contributed by atoms with Gasteiger partial charge in [0.05, 0.1) is 13.0 Å². The quantitative estimate of drug-likeness (QED) is 0.607. The zero-order valence-corrected chi connectivity index (χ0v) is 8.46. The molecule has 0 spiro atoms. The van der Waals surface area contributed by atoms with Crippen LogP contribution >= 0.6 is 0 Å². The van der Waals surface area contributed by atoms with Crippen LogP contribution in [0.2, 0.25) is 0 Å². The van der Waals surface area contributed by atoms with Gasteiger partial charge in [-0.2, -0.15) is 0 Å². The molecule has 0 radical (unpaired) electrons. The van der Waals surface area contributed by atoms with Crippen LogP contribution in [0.4, 0.5) is 0 Å². The summed E-state index contributed by atoms with van der Waals surface area (Å²) in [6, 6.07) is 2.07. The number of aliphatic hydroxyl groups is 1. The second-order valence-electron chi connectivity index (χ2n) is 3.17. The molecule has 0 bridgehead atoms. The third-order valence-corrected chi connectivity index (χ3v) is 1.93. The van der Waals surface area contributed by atoms with Gasteiger partial charge >= 0.3 is 5.97 Å². The van der Waals surface area contributed by atoms with Crippen LogP contribution in [0.15, 0.2) is 24.5 Å². The van der Waals surface area contributed by atoms with Crippen LogP contribution in [0.25, 0.3) is 0 Å². The van der Waals surface area contributed by atoms with E-state index in [9.17, 15) is 9.59 Å². The number of hydrogen-bond acceptors (Lipinski definition) is 4. The maximum atomic E-state index is 11.4. The lowest BCUT2D eigenvalue weighted by atomic mass is 10.2. The first kappa shape index (κ1) is 12.1. The maximum Gasteiger partial charge on any atom is 0.328 e. The molecule has 6 heteroatoms. The Morgan fingerprint density at radius 3 is 2.50 bits per heavy atom. The molecule has 0 saturated heterocycles. The number of nitrogens with one attached hydrogen (secondary N) is 1. The number of amides is 1. The number of carbonyl (C=O) groups excluding carboxylic acids is 1.